The fourth-order valence-corrected chi connectivity index (χ4v) is 0. The molecule has 0 saturated heterocycles. The summed E-state index contributed by atoms with van der Waals surface area (Å²) in [6, 6.07) is 0. The van der Waals surface area contributed by atoms with Gasteiger partial charge in [0.05, 0.1) is 0 Å². The van der Waals surface area contributed by atoms with E-state index in [1.54, 1.807) is 0 Å². The first-order valence-electron chi connectivity index (χ1n) is 1.33. The van der Waals surface area contributed by atoms with E-state index in [0.29, 0.717) is 0 Å². The molecular weight excluding hydrogens is 99.8 g/mol. The number of nitriles is 1. The maximum absolute atomic E-state index is 8.81. The van der Waals surface area contributed by atoms with Gasteiger partial charge < -0.3 is 6.22 Å². The van der Waals surface area contributed by atoms with E-state index in [1.807, 2.05) is 0 Å². The summed E-state index contributed by atoms with van der Waals surface area (Å²) in [4.78, 5) is 8.81. The van der Waals surface area contributed by atoms with Crippen molar-refractivity contribution in [3.63, 3.8) is 0 Å². The molecule has 0 aliphatic heterocycles. The van der Waals surface area contributed by atoms with Crippen molar-refractivity contribution in [2.75, 3.05) is 0 Å². The molecule has 0 spiro atoms. The molecule has 0 fully saturated rings. The van der Waals surface area contributed by atoms with Crippen LogP contribution in [0.15, 0.2) is 0 Å². The predicted molar refractivity (Wildman–Crippen MR) is 24.2 cm³/mol. The largest absolute Gasteiger partial charge is 1.00 e. The van der Waals surface area contributed by atoms with Crippen LogP contribution in [0.2, 0.25) is 0 Å². The molecule has 0 unspecified atom stereocenters. The average molecular weight is 105 g/mol. The van der Waals surface area contributed by atoms with Crippen LogP contribution in [0.3, 0.4) is 0 Å². The molecule has 2 radical (unpaired) electrons. The molecule has 0 aliphatic rings. The molecule has 0 rings (SSSR count). The predicted octanol–water partition coefficient (Wildman–Crippen LogP) is -3.04. The minimum atomic E-state index is 0. The maximum Gasteiger partial charge on any atom is 1.00 e. The van der Waals surface area contributed by atoms with Crippen molar-refractivity contribution in [3.05, 3.63) is 0 Å². The van der Waals surface area contributed by atoms with Gasteiger partial charge in [-0.2, -0.15) is 0 Å². The zero-order chi connectivity index (χ0) is 5.41. The molecule has 0 saturated carbocycles. The topological polar surface area (TPSA) is 40.9 Å². The van der Waals surface area contributed by atoms with Crippen molar-refractivity contribution in [2.45, 2.75) is 6.92 Å². The molecule has 0 aromatic rings. The van der Waals surface area contributed by atoms with Crippen LogP contribution in [0.4, 0.5) is 0 Å². The Bertz CT molecular complexity index is 64.8. The second-order valence-electron chi connectivity index (χ2n) is 0.365. The summed E-state index contributed by atoms with van der Waals surface area (Å²) in [5, 5.41) is 7.10. The van der Waals surface area contributed by atoms with E-state index in [1.165, 1.54) is 12.9 Å². The van der Waals surface area contributed by atoms with E-state index >= 15 is 0 Å². The van der Waals surface area contributed by atoms with Crippen molar-refractivity contribution in [3.8, 4) is 5.97 Å². The van der Waals surface area contributed by atoms with Gasteiger partial charge in [-0.25, -0.2) is 5.26 Å². The standard InChI is InChI=1S/C2H4O.CBN.Na.H/c1-2-3;2-1-3;;/h2H,1H3;;;/q;;+1;-1. The van der Waals surface area contributed by atoms with Crippen LogP contribution in [0, 0.1) is 11.2 Å². The Labute approximate surface area is 68.1 Å². The second-order valence-corrected chi connectivity index (χ2v) is 0.365. The fraction of sp³-hybridized carbons (Fsp3) is 0.333. The van der Waals surface area contributed by atoms with Gasteiger partial charge in [0.15, 0.2) is 0 Å². The van der Waals surface area contributed by atoms with E-state index in [9.17, 15) is 0 Å². The maximum atomic E-state index is 8.81. The number of hydrogen-bond acceptors (Lipinski definition) is 2. The monoisotopic (exact) mass is 105 g/mol. The summed E-state index contributed by atoms with van der Waals surface area (Å²) in [7, 11) is 4.15. The van der Waals surface area contributed by atoms with Crippen LogP contribution in [-0.2, 0) is 4.79 Å². The summed E-state index contributed by atoms with van der Waals surface area (Å²) in [6.45, 7) is 1.44. The molecule has 0 bridgehead atoms. The minimum absolute atomic E-state index is 0. The molecule has 0 amide bonds. The quantitative estimate of drug-likeness (QED) is 0.242. The van der Waals surface area contributed by atoms with Crippen LogP contribution in [0.25, 0.3) is 0 Å². The van der Waals surface area contributed by atoms with Gasteiger partial charge in [0, 0.05) is 0 Å². The van der Waals surface area contributed by atoms with Gasteiger partial charge in [0.25, 0.3) is 0 Å². The van der Waals surface area contributed by atoms with E-state index in [2.05, 4.69) is 7.85 Å². The Kier molecular flexibility index (Phi) is 76.9. The van der Waals surface area contributed by atoms with Gasteiger partial charge in [0.2, 0.25) is 7.85 Å². The van der Waals surface area contributed by atoms with Gasteiger partial charge >= 0.3 is 29.6 Å². The first kappa shape index (κ1) is 15.7. The molecule has 0 aromatic heterocycles. The molecule has 32 valence electrons. The van der Waals surface area contributed by atoms with Gasteiger partial charge in [-0.1, -0.05) is 0 Å². The Morgan fingerprint density at radius 2 is 2.00 bits per heavy atom. The summed E-state index contributed by atoms with van der Waals surface area (Å²) in [6.07, 6.45) is 0.750. The van der Waals surface area contributed by atoms with Crippen molar-refractivity contribution in [1.82, 2.24) is 0 Å². The molecular formula is C3H5BNNaO. The van der Waals surface area contributed by atoms with Gasteiger partial charge in [0.1, 0.15) is 6.29 Å². The van der Waals surface area contributed by atoms with Gasteiger partial charge in [-0.3, -0.25) is 0 Å². The van der Waals surface area contributed by atoms with Crippen LogP contribution in [0.5, 0.6) is 0 Å². The van der Waals surface area contributed by atoms with Crippen molar-refractivity contribution in [1.29, 1.82) is 5.26 Å². The summed E-state index contributed by atoms with van der Waals surface area (Å²) in [5.41, 5.74) is 0. The molecule has 4 heteroatoms. The van der Waals surface area contributed by atoms with Gasteiger partial charge in [-0.05, 0) is 12.9 Å². The van der Waals surface area contributed by atoms with Gasteiger partial charge in [-0.15, -0.1) is 0 Å². The number of carbonyl (C=O) groups excluding carboxylic acids is 1. The molecule has 0 atom stereocenters. The summed E-state index contributed by atoms with van der Waals surface area (Å²) >= 11 is 0. The van der Waals surface area contributed by atoms with Crippen molar-refractivity contribution < 1.29 is 35.8 Å². The van der Waals surface area contributed by atoms with Crippen LogP contribution in [-0.4, -0.2) is 14.1 Å². The van der Waals surface area contributed by atoms with E-state index in [4.69, 9.17) is 10.1 Å². The Morgan fingerprint density at radius 1 is 2.00 bits per heavy atom. The number of hydrogen-bond donors (Lipinski definition) is 0. The summed E-state index contributed by atoms with van der Waals surface area (Å²) in [5.74, 6) is 1.25. The van der Waals surface area contributed by atoms with Crippen LogP contribution < -0.4 is 29.6 Å². The molecule has 0 aliphatic carbocycles. The zero-order valence-corrected chi connectivity index (χ0v) is 6.51. The zero-order valence-electron chi connectivity index (χ0n) is 5.51. The number of nitrogens with zero attached hydrogens (tertiary/aromatic N) is 1. The van der Waals surface area contributed by atoms with E-state index in [-0.39, 0.29) is 31.0 Å². The molecule has 0 N–H and O–H groups in total. The van der Waals surface area contributed by atoms with Crippen LogP contribution >= 0.6 is 0 Å². The fourth-order valence-electron chi connectivity index (χ4n) is 0. The smallest absolute Gasteiger partial charge is 1.00 e. The van der Waals surface area contributed by atoms with Crippen LogP contribution in [0.1, 0.15) is 8.35 Å². The van der Waals surface area contributed by atoms with Crippen molar-refractivity contribution >= 4 is 14.1 Å². The molecule has 0 heterocycles. The Morgan fingerprint density at radius 3 is 2.00 bits per heavy atom. The first-order valence-corrected chi connectivity index (χ1v) is 1.33. The Balaban J connectivity index is -0.0000000160. The third-order valence-corrected chi connectivity index (χ3v) is 0. The molecule has 0 aromatic carbocycles. The molecule has 7 heavy (non-hydrogen) atoms. The van der Waals surface area contributed by atoms with E-state index < -0.39 is 0 Å². The second kappa shape index (κ2) is 34.3. The number of aldehydes is 1. The SMILES string of the molecule is CC=O.[B]C#N.[H-].[Na+]. The first-order chi connectivity index (χ1) is 2.83. The number of rotatable bonds is 0. The minimum Gasteiger partial charge on any atom is -1.00 e. The average Bonchev–Trinajstić information content (AvgIpc) is 1.39. The Hall–Kier alpha value is 0.225. The third kappa shape index (κ3) is 2200. The molecule has 2 nitrogen and oxygen atoms in total. The van der Waals surface area contributed by atoms with E-state index in [0.717, 1.165) is 6.29 Å². The normalized spacial score (nSPS) is 2.86. The third-order valence-electron chi connectivity index (χ3n) is 0. The van der Waals surface area contributed by atoms with Crippen molar-refractivity contribution in [2.24, 2.45) is 0 Å². The summed E-state index contributed by atoms with van der Waals surface area (Å²) < 4.78 is 0. The number of carbonyl (C=O) groups is 1.